The molecule has 164 valence electrons. The van der Waals surface area contributed by atoms with E-state index >= 15 is 0 Å². The average molecular weight is 441 g/mol. The van der Waals surface area contributed by atoms with Crippen LogP contribution in [0, 0.1) is 11.7 Å². The molecule has 0 bridgehead atoms. The minimum Gasteiger partial charge on any atom is -0.344 e. The highest BCUT2D eigenvalue weighted by Crippen LogP contribution is 2.45. The number of amides is 1. The Morgan fingerprint density at radius 1 is 1.19 bits per heavy atom. The molecule has 0 spiro atoms. The van der Waals surface area contributed by atoms with Crippen molar-refractivity contribution >= 4 is 33.9 Å². The molecule has 4 nitrogen and oxygen atoms in total. The molecule has 1 aliphatic rings. The van der Waals surface area contributed by atoms with Crippen molar-refractivity contribution < 1.29 is 13.4 Å². The minimum atomic E-state index is -1.03. The maximum absolute atomic E-state index is 14.2. The third-order valence-electron chi connectivity index (χ3n) is 5.77. The smallest absolute Gasteiger partial charge is 0.229 e. The first-order valence-electron chi connectivity index (χ1n) is 10.3. The maximum atomic E-state index is 14.2. The number of fused-ring (bicyclic) bond motifs is 1. The van der Waals surface area contributed by atoms with E-state index < -0.39 is 16.7 Å². The molecule has 2 aromatic rings. The van der Waals surface area contributed by atoms with Crippen LogP contribution in [0.4, 0.5) is 4.39 Å². The van der Waals surface area contributed by atoms with Gasteiger partial charge >= 0.3 is 0 Å². The van der Waals surface area contributed by atoms with E-state index in [9.17, 15) is 13.4 Å². The molecule has 3 rings (SSSR count). The van der Waals surface area contributed by atoms with Crippen molar-refractivity contribution in [2.45, 2.75) is 18.7 Å². The number of hydrogen-bond acceptors (Lipinski definition) is 3. The van der Waals surface area contributed by atoms with Crippen molar-refractivity contribution in [2.24, 2.45) is 5.92 Å². The highest BCUT2D eigenvalue weighted by Gasteiger charge is 2.31. The molecule has 1 aliphatic carbocycles. The van der Waals surface area contributed by atoms with Gasteiger partial charge in [0, 0.05) is 42.1 Å². The minimum absolute atomic E-state index is 0.0100. The Bertz CT molecular complexity index is 1070. The molecule has 0 fully saturated rings. The Hall–Kier alpha value is -2.57. The molecule has 31 heavy (non-hydrogen) atoms. The van der Waals surface area contributed by atoms with Gasteiger partial charge in [-0.05, 0) is 84.6 Å². The standard InChI is InChI=1S/C25H29FN2O2S/c1-16-22(14-18-6-9-20(10-7-18)31(5)30)21-11-8-19(26)15-23(21)24(16)17(2)25(29)28(4)13-12-27-3/h6-11,14-15,17,27H,12-13H2,1-5H3/b22-14-. The number of halogens is 1. The second-order valence-corrected chi connectivity index (χ2v) is 9.27. The third-order valence-corrected chi connectivity index (χ3v) is 6.71. The normalized spacial score (nSPS) is 16.4. The first-order valence-corrected chi connectivity index (χ1v) is 11.9. The summed E-state index contributed by atoms with van der Waals surface area (Å²) in [5.41, 5.74) is 5.49. The van der Waals surface area contributed by atoms with Crippen LogP contribution in [0.1, 0.15) is 30.5 Å². The second-order valence-electron chi connectivity index (χ2n) is 7.89. The highest BCUT2D eigenvalue weighted by atomic mass is 32.2. The fourth-order valence-corrected chi connectivity index (χ4v) is 4.55. The predicted molar refractivity (Wildman–Crippen MR) is 126 cm³/mol. The van der Waals surface area contributed by atoms with Crippen LogP contribution in [0.15, 0.2) is 52.9 Å². The van der Waals surface area contributed by atoms with Crippen LogP contribution in [0.3, 0.4) is 0 Å². The third kappa shape index (κ3) is 4.86. The Balaban J connectivity index is 2.04. The van der Waals surface area contributed by atoms with Gasteiger partial charge in [-0.1, -0.05) is 18.2 Å². The van der Waals surface area contributed by atoms with E-state index in [2.05, 4.69) is 5.32 Å². The molecule has 2 unspecified atom stereocenters. The van der Waals surface area contributed by atoms with Crippen LogP contribution in [-0.2, 0) is 15.6 Å². The molecule has 2 atom stereocenters. The van der Waals surface area contributed by atoms with Gasteiger partial charge < -0.3 is 10.2 Å². The van der Waals surface area contributed by atoms with Gasteiger partial charge in [-0.2, -0.15) is 0 Å². The molecule has 0 heterocycles. The summed E-state index contributed by atoms with van der Waals surface area (Å²) in [7, 11) is 2.62. The molecule has 0 saturated carbocycles. The summed E-state index contributed by atoms with van der Waals surface area (Å²) < 4.78 is 25.8. The number of nitrogens with zero attached hydrogens (tertiary/aromatic N) is 1. The molecule has 1 N–H and O–H groups in total. The van der Waals surface area contributed by atoms with Gasteiger partial charge in [0.2, 0.25) is 5.91 Å². The topological polar surface area (TPSA) is 49.4 Å². The van der Waals surface area contributed by atoms with E-state index in [0.29, 0.717) is 13.1 Å². The molecule has 6 heteroatoms. The number of carbonyl (C=O) groups is 1. The van der Waals surface area contributed by atoms with E-state index in [1.807, 2.05) is 51.2 Å². The molecule has 0 saturated heterocycles. The molecule has 2 aromatic carbocycles. The zero-order chi connectivity index (χ0) is 22.7. The highest BCUT2D eigenvalue weighted by molar-refractivity contribution is 7.84. The number of carbonyl (C=O) groups excluding carboxylic acids is 1. The van der Waals surface area contributed by atoms with Crippen LogP contribution >= 0.6 is 0 Å². The number of nitrogens with one attached hydrogen (secondary N) is 1. The van der Waals surface area contributed by atoms with Crippen molar-refractivity contribution in [1.29, 1.82) is 0 Å². The van der Waals surface area contributed by atoms with Crippen LogP contribution in [0.5, 0.6) is 0 Å². The quantitative estimate of drug-likeness (QED) is 0.702. The number of benzene rings is 2. The molecular formula is C25H29FN2O2S. The lowest BCUT2D eigenvalue weighted by Gasteiger charge is -2.23. The van der Waals surface area contributed by atoms with E-state index in [1.54, 1.807) is 24.3 Å². The summed E-state index contributed by atoms with van der Waals surface area (Å²) >= 11 is 0. The molecule has 0 radical (unpaired) electrons. The SMILES string of the molecule is CNCCN(C)C(=O)C(C)C1=C(C)/C(=C/c2ccc(S(C)=O)cc2)c2ccc(F)cc21. The second kappa shape index (κ2) is 9.71. The summed E-state index contributed by atoms with van der Waals surface area (Å²) in [6.45, 7) is 5.20. The lowest BCUT2D eigenvalue weighted by atomic mass is 9.92. The molecule has 0 aromatic heterocycles. The van der Waals surface area contributed by atoms with Gasteiger partial charge in [0.1, 0.15) is 5.82 Å². The van der Waals surface area contributed by atoms with Crippen molar-refractivity contribution in [3.8, 4) is 0 Å². The zero-order valence-corrected chi connectivity index (χ0v) is 19.5. The zero-order valence-electron chi connectivity index (χ0n) is 18.7. The number of likely N-dealkylation sites (N-methyl/N-ethyl adjacent to an activating group) is 2. The van der Waals surface area contributed by atoms with Crippen LogP contribution in [-0.4, -0.2) is 48.5 Å². The summed E-state index contributed by atoms with van der Waals surface area (Å²) in [6, 6.07) is 12.3. The van der Waals surface area contributed by atoms with Gasteiger partial charge in [-0.3, -0.25) is 9.00 Å². The molecular weight excluding hydrogens is 411 g/mol. The lowest BCUT2D eigenvalue weighted by Crippen LogP contribution is -2.36. The van der Waals surface area contributed by atoms with Gasteiger partial charge in [0.15, 0.2) is 0 Å². The monoisotopic (exact) mass is 440 g/mol. The van der Waals surface area contributed by atoms with E-state index in [-0.39, 0.29) is 11.7 Å². The largest absolute Gasteiger partial charge is 0.344 e. The Morgan fingerprint density at radius 3 is 2.48 bits per heavy atom. The fraction of sp³-hybridized carbons (Fsp3) is 0.320. The van der Waals surface area contributed by atoms with Crippen molar-refractivity contribution in [2.75, 3.05) is 33.4 Å². The van der Waals surface area contributed by atoms with E-state index in [4.69, 9.17) is 0 Å². The van der Waals surface area contributed by atoms with Crippen LogP contribution in [0.25, 0.3) is 17.2 Å². The summed E-state index contributed by atoms with van der Waals surface area (Å²) in [5, 5.41) is 3.06. The Morgan fingerprint density at radius 2 is 1.87 bits per heavy atom. The predicted octanol–water partition coefficient (Wildman–Crippen LogP) is 4.20. The van der Waals surface area contributed by atoms with E-state index in [1.165, 1.54) is 12.1 Å². The van der Waals surface area contributed by atoms with Crippen molar-refractivity contribution in [3.63, 3.8) is 0 Å². The molecule has 1 amide bonds. The van der Waals surface area contributed by atoms with Gasteiger partial charge in [-0.15, -0.1) is 0 Å². The van der Waals surface area contributed by atoms with Crippen molar-refractivity contribution in [1.82, 2.24) is 10.2 Å². The summed E-state index contributed by atoms with van der Waals surface area (Å²) in [4.78, 5) is 15.5. The van der Waals surface area contributed by atoms with E-state index in [0.717, 1.165) is 38.3 Å². The first-order chi connectivity index (χ1) is 14.7. The van der Waals surface area contributed by atoms with Gasteiger partial charge in [-0.25, -0.2) is 4.39 Å². The van der Waals surface area contributed by atoms with Crippen molar-refractivity contribution in [3.05, 3.63) is 70.5 Å². The number of rotatable bonds is 7. The first kappa shape index (κ1) is 23.1. The summed E-state index contributed by atoms with van der Waals surface area (Å²) in [5.74, 6) is -0.697. The maximum Gasteiger partial charge on any atom is 0.229 e. The van der Waals surface area contributed by atoms with Crippen LogP contribution < -0.4 is 5.32 Å². The van der Waals surface area contributed by atoms with Gasteiger partial charge in [0.25, 0.3) is 0 Å². The number of allylic oxidation sites excluding steroid dienone is 2. The Labute approximate surface area is 186 Å². The van der Waals surface area contributed by atoms with Crippen LogP contribution in [0.2, 0.25) is 0 Å². The summed E-state index contributed by atoms with van der Waals surface area (Å²) in [6.07, 6.45) is 3.70. The molecule has 0 aliphatic heterocycles. The average Bonchev–Trinajstić information content (AvgIpc) is 3.01. The Kier molecular flexibility index (Phi) is 7.23. The lowest BCUT2D eigenvalue weighted by molar-refractivity contribution is -0.131. The van der Waals surface area contributed by atoms with Gasteiger partial charge in [0.05, 0.1) is 5.92 Å². The fourth-order valence-electron chi connectivity index (χ4n) is 4.03. The number of hydrogen-bond donors (Lipinski definition) is 1.